The van der Waals surface area contributed by atoms with E-state index < -0.39 is 0 Å². The topological polar surface area (TPSA) is 29.1 Å². The van der Waals surface area contributed by atoms with E-state index in [1.54, 1.807) is 0 Å². The summed E-state index contributed by atoms with van der Waals surface area (Å²) in [4.78, 5) is 11.5. The summed E-state index contributed by atoms with van der Waals surface area (Å²) < 4.78 is 0. The molecule has 2 atom stereocenters. The first kappa shape index (κ1) is 15.8. The van der Waals surface area contributed by atoms with Gasteiger partial charge < -0.3 is 5.32 Å². The van der Waals surface area contributed by atoms with Crippen LogP contribution in [0.1, 0.15) is 53.4 Å². The van der Waals surface area contributed by atoms with E-state index >= 15 is 0 Å². The summed E-state index contributed by atoms with van der Waals surface area (Å²) >= 11 is 6.25. The van der Waals surface area contributed by atoms with Gasteiger partial charge in [-0.05, 0) is 11.8 Å². The largest absolute Gasteiger partial charge is 0.355 e. The molecule has 96 valence electrons. The second kappa shape index (κ2) is 8.86. The number of carbonyl (C=O) groups is 1. The van der Waals surface area contributed by atoms with E-state index in [0.717, 1.165) is 19.3 Å². The maximum absolute atomic E-state index is 11.5. The Kier molecular flexibility index (Phi) is 8.73. The fraction of sp³-hybridized carbons (Fsp3) is 0.923. The maximum Gasteiger partial charge on any atom is 0.220 e. The highest BCUT2D eigenvalue weighted by Crippen LogP contribution is 2.17. The molecule has 0 aliphatic heterocycles. The van der Waals surface area contributed by atoms with E-state index in [0.29, 0.717) is 24.8 Å². The number of amides is 1. The van der Waals surface area contributed by atoms with Crippen LogP contribution in [0.3, 0.4) is 0 Å². The number of rotatable bonds is 8. The zero-order valence-electron chi connectivity index (χ0n) is 11.1. The van der Waals surface area contributed by atoms with Crippen LogP contribution in [-0.4, -0.2) is 17.8 Å². The highest BCUT2D eigenvalue weighted by molar-refractivity contribution is 6.21. The third-order valence-corrected chi connectivity index (χ3v) is 3.80. The van der Waals surface area contributed by atoms with Crippen molar-refractivity contribution >= 4 is 17.5 Å². The molecule has 0 saturated heterocycles. The Morgan fingerprint density at radius 2 is 1.75 bits per heavy atom. The predicted molar refractivity (Wildman–Crippen MR) is 70.8 cm³/mol. The number of hydrogen-bond acceptors (Lipinski definition) is 1. The van der Waals surface area contributed by atoms with Gasteiger partial charge in [0.15, 0.2) is 0 Å². The van der Waals surface area contributed by atoms with Crippen molar-refractivity contribution in [2.24, 2.45) is 11.8 Å². The van der Waals surface area contributed by atoms with Gasteiger partial charge in [0.1, 0.15) is 0 Å². The summed E-state index contributed by atoms with van der Waals surface area (Å²) in [6, 6.07) is 0. The highest BCUT2D eigenvalue weighted by Gasteiger charge is 2.16. The zero-order valence-corrected chi connectivity index (χ0v) is 11.8. The van der Waals surface area contributed by atoms with Crippen LogP contribution in [0.25, 0.3) is 0 Å². The summed E-state index contributed by atoms with van der Waals surface area (Å²) in [5.74, 6) is 1.10. The summed E-state index contributed by atoms with van der Waals surface area (Å²) in [5.41, 5.74) is 0. The van der Waals surface area contributed by atoms with Crippen molar-refractivity contribution in [2.45, 2.75) is 58.8 Å². The Labute approximate surface area is 105 Å². The molecular weight excluding hydrogens is 222 g/mol. The lowest BCUT2D eigenvalue weighted by molar-refractivity contribution is -0.121. The fourth-order valence-electron chi connectivity index (χ4n) is 1.71. The first-order valence-corrected chi connectivity index (χ1v) is 6.89. The molecule has 0 aliphatic carbocycles. The van der Waals surface area contributed by atoms with Crippen LogP contribution in [0.2, 0.25) is 0 Å². The molecule has 0 bridgehead atoms. The van der Waals surface area contributed by atoms with E-state index in [4.69, 9.17) is 11.6 Å². The van der Waals surface area contributed by atoms with E-state index in [9.17, 15) is 4.79 Å². The monoisotopic (exact) mass is 247 g/mol. The van der Waals surface area contributed by atoms with Gasteiger partial charge in [0.05, 0.1) is 5.38 Å². The number of alkyl halides is 1. The van der Waals surface area contributed by atoms with Crippen LogP contribution in [0, 0.1) is 11.8 Å². The van der Waals surface area contributed by atoms with Crippen LogP contribution >= 0.6 is 11.6 Å². The minimum absolute atomic E-state index is 0.0656. The predicted octanol–water partition coefficient (Wildman–Crippen LogP) is 3.58. The average molecular weight is 248 g/mol. The third kappa shape index (κ3) is 6.37. The van der Waals surface area contributed by atoms with Crippen LogP contribution in [0.4, 0.5) is 0 Å². The number of halogens is 1. The molecule has 3 heteroatoms. The lowest BCUT2D eigenvalue weighted by atomic mass is 9.99. The normalized spacial score (nSPS) is 14.9. The molecule has 2 unspecified atom stereocenters. The van der Waals surface area contributed by atoms with Crippen molar-refractivity contribution in [1.82, 2.24) is 5.32 Å². The van der Waals surface area contributed by atoms with Crippen molar-refractivity contribution < 1.29 is 4.79 Å². The Morgan fingerprint density at radius 1 is 1.19 bits per heavy atom. The highest BCUT2D eigenvalue weighted by atomic mass is 35.5. The molecule has 1 amide bonds. The van der Waals surface area contributed by atoms with Gasteiger partial charge in [0, 0.05) is 13.0 Å². The van der Waals surface area contributed by atoms with Gasteiger partial charge in [0.2, 0.25) is 5.91 Å². The Morgan fingerprint density at radius 3 is 2.19 bits per heavy atom. The van der Waals surface area contributed by atoms with Crippen molar-refractivity contribution in [1.29, 1.82) is 0 Å². The Hall–Kier alpha value is -0.240. The van der Waals surface area contributed by atoms with Gasteiger partial charge in [-0.15, -0.1) is 11.6 Å². The smallest absolute Gasteiger partial charge is 0.220 e. The third-order valence-electron chi connectivity index (χ3n) is 3.29. The number of nitrogens with one attached hydrogen (secondary N) is 1. The van der Waals surface area contributed by atoms with Crippen LogP contribution in [0.5, 0.6) is 0 Å². The average Bonchev–Trinajstić information content (AvgIpc) is 2.27. The fourth-order valence-corrected chi connectivity index (χ4v) is 2.14. The summed E-state index contributed by atoms with van der Waals surface area (Å²) in [6.07, 6.45) is 3.81. The standard InChI is InChI=1S/C13H26ClNO/c1-5-10(4)8-13(16)15-9-12(14)11(6-2)7-3/h10-12H,5-9H2,1-4H3,(H,15,16). The van der Waals surface area contributed by atoms with Gasteiger partial charge in [-0.2, -0.15) is 0 Å². The lowest BCUT2D eigenvalue weighted by Gasteiger charge is -2.19. The van der Waals surface area contributed by atoms with Crippen molar-refractivity contribution in [3.8, 4) is 0 Å². The second-order valence-electron chi connectivity index (χ2n) is 4.61. The Bertz CT molecular complexity index is 192. The van der Waals surface area contributed by atoms with E-state index in [2.05, 4.69) is 33.0 Å². The minimum Gasteiger partial charge on any atom is -0.355 e. The minimum atomic E-state index is 0.0656. The molecule has 0 rings (SSSR count). The molecule has 0 spiro atoms. The maximum atomic E-state index is 11.5. The van der Waals surface area contributed by atoms with E-state index in [1.165, 1.54) is 0 Å². The summed E-state index contributed by atoms with van der Waals surface area (Å²) in [6.45, 7) is 9.09. The van der Waals surface area contributed by atoms with Gasteiger partial charge in [0.25, 0.3) is 0 Å². The van der Waals surface area contributed by atoms with Crippen molar-refractivity contribution in [2.75, 3.05) is 6.54 Å². The summed E-state index contributed by atoms with van der Waals surface area (Å²) in [5, 5.41) is 2.99. The summed E-state index contributed by atoms with van der Waals surface area (Å²) in [7, 11) is 0. The van der Waals surface area contributed by atoms with Crippen LogP contribution < -0.4 is 5.32 Å². The molecule has 16 heavy (non-hydrogen) atoms. The van der Waals surface area contributed by atoms with Crippen LogP contribution in [0.15, 0.2) is 0 Å². The molecule has 0 radical (unpaired) electrons. The molecule has 2 nitrogen and oxygen atoms in total. The Balaban J connectivity index is 3.82. The lowest BCUT2D eigenvalue weighted by Crippen LogP contribution is -2.33. The number of hydrogen-bond donors (Lipinski definition) is 1. The molecule has 1 N–H and O–H groups in total. The molecule has 0 aromatic carbocycles. The zero-order chi connectivity index (χ0) is 12.6. The molecule has 0 fully saturated rings. The van der Waals surface area contributed by atoms with Gasteiger partial charge in [-0.3, -0.25) is 4.79 Å². The molecule has 0 aromatic rings. The molecular formula is C13H26ClNO. The van der Waals surface area contributed by atoms with Crippen molar-refractivity contribution in [3.63, 3.8) is 0 Å². The molecule has 0 saturated carbocycles. The van der Waals surface area contributed by atoms with Crippen LogP contribution in [-0.2, 0) is 4.79 Å². The molecule has 0 heterocycles. The van der Waals surface area contributed by atoms with E-state index in [-0.39, 0.29) is 11.3 Å². The van der Waals surface area contributed by atoms with Crippen molar-refractivity contribution in [3.05, 3.63) is 0 Å². The van der Waals surface area contributed by atoms with Gasteiger partial charge in [-0.1, -0.05) is 47.0 Å². The second-order valence-corrected chi connectivity index (χ2v) is 5.17. The van der Waals surface area contributed by atoms with Gasteiger partial charge >= 0.3 is 0 Å². The SMILES string of the molecule is CCC(C)CC(=O)NCC(Cl)C(CC)CC. The number of carbonyl (C=O) groups excluding carboxylic acids is 1. The quantitative estimate of drug-likeness (QED) is 0.653. The first-order valence-electron chi connectivity index (χ1n) is 6.45. The molecule has 0 aliphatic rings. The first-order chi connectivity index (χ1) is 7.54. The molecule has 0 aromatic heterocycles. The van der Waals surface area contributed by atoms with Gasteiger partial charge in [-0.25, -0.2) is 0 Å². The van der Waals surface area contributed by atoms with E-state index in [1.807, 2.05) is 0 Å².